The molecule has 29 heavy (non-hydrogen) atoms. The molecule has 0 amide bonds. The third kappa shape index (κ3) is 3.64. The van der Waals surface area contributed by atoms with Crippen LogP contribution in [0.2, 0.25) is 0 Å². The number of carbonyl (C=O) groups is 2. The van der Waals surface area contributed by atoms with Crippen LogP contribution in [0.4, 0.5) is 0 Å². The summed E-state index contributed by atoms with van der Waals surface area (Å²) in [5.74, 6) is 0.144. The van der Waals surface area contributed by atoms with E-state index in [-0.39, 0.29) is 11.6 Å². The van der Waals surface area contributed by atoms with E-state index < -0.39 is 0 Å². The van der Waals surface area contributed by atoms with Crippen LogP contribution in [0.25, 0.3) is 5.57 Å². The van der Waals surface area contributed by atoms with E-state index in [1.54, 1.807) is 24.3 Å². The molecule has 1 aliphatic carbocycles. The number of fused-ring (bicyclic) bond motifs is 1. The summed E-state index contributed by atoms with van der Waals surface area (Å²) in [7, 11) is 0. The maximum atomic E-state index is 13.4. The highest BCUT2D eigenvalue weighted by Crippen LogP contribution is 2.32. The fourth-order valence-corrected chi connectivity index (χ4v) is 3.64. The smallest absolute Gasteiger partial charge is 0.210 e. The van der Waals surface area contributed by atoms with Crippen molar-refractivity contribution in [2.24, 2.45) is 0 Å². The minimum absolute atomic E-state index is 0.118. The lowest BCUT2D eigenvalue weighted by molar-refractivity contribution is 0.0985. The van der Waals surface area contributed by atoms with Crippen molar-refractivity contribution in [3.63, 3.8) is 0 Å². The van der Waals surface area contributed by atoms with Crippen LogP contribution in [0, 0.1) is 0 Å². The van der Waals surface area contributed by atoms with Crippen molar-refractivity contribution < 1.29 is 9.59 Å². The zero-order chi connectivity index (χ0) is 20.4. The van der Waals surface area contributed by atoms with Crippen LogP contribution in [0.3, 0.4) is 0 Å². The first-order valence-corrected chi connectivity index (χ1v) is 9.87. The van der Waals surface area contributed by atoms with Crippen LogP contribution < -0.4 is 5.32 Å². The van der Waals surface area contributed by atoms with Crippen LogP contribution in [0.5, 0.6) is 0 Å². The molecular formula is C26H23NO2. The van der Waals surface area contributed by atoms with E-state index in [2.05, 4.69) is 19.2 Å². The highest BCUT2D eigenvalue weighted by Gasteiger charge is 2.32. The van der Waals surface area contributed by atoms with Crippen molar-refractivity contribution in [2.45, 2.75) is 26.3 Å². The lowest BCUT2D eigenvalue weighted by Gasteiger charge is -2.22. The van der Waals surface area contributed by atoms with Crippen molar-refractivity contribution in [2.75, 3.05) is 0 Å². The van der Waals surface area contributed by atoms with Gasteiger partial charge in [-0.1, -0.05) is 92.7 Å². The average Bonchev–Trinajstić information content (AvgIpc) is 2.76. The third-order valence-electron chi connectivity index (χ3n) is 5.30. The van der Waals surface area contributed by atoms with E-state index in [1.807, 2.05) is 54.6 Å². The van der Waals surface area contributed by atoms with Crippen LogP contribution in [0.15, 0.2) is 84.6 Å². The molecule has 0 heterocycles. The number of nitrogens with one attached hydrogen (secondary N) is 1. The summed E-state index contributed by atoms with van der Waals surface area (Å²) < 4.78 is 0. The first kappa shape index (κ1) is 18.9. The average molecular weight is 381 g/mol. The molecule has 0 saturated heterocycles. The normalized spacial score (nSPS) is 13.6. The number of benzene rings is 3. The Morgan fingerprint density at radius 2 is 1.31 bits per heavy atom. The van der Waals surface area contributed by atoms with Gasteiger partial charge in [-0.3, -0.25) is 9.59 Å². The van der Waals surface area contributed by atoms with Gasteiger partial charge in [-0.25, -0.2) is 0 Å². The fraction of sp³-hybridized carbons (Fsp3) is 0.154. The molecule has 0 fully saturated rings. The summed E-state index contributed by atoms with van der Waals surface area (Å²) >= 11 is 0. The minimum Gasteiger partial charge on any atom is -0.377 e. The number of Topliss-reactive ketones (excluding diaryl/α,β-unsaturated/α-hetero) is 2. The van der Waals surface area contributed by atoms with Crippen molar-refractivity contribution in [1.29, 1.82) is 0 Å². The van der Waals surface area contributed by atoms with Gasteiger partial charge in [0.1, 0.15) is 0 Å². The van der Waals surface area contributed by atoms with E-state index in [0.717, 1.165) is 11.1 Å². The second kappa shape index (κ2) is 7.88. The van der Waals surface area contributed by atoms with Gasteiger partial charge in [0.25, 0.3) is 0 Å². The van der Waals surface area contributed by atoms with E-state index in [4.69, 9.17) is 0 Å². The minimum atomic E-state index is -0.140. The van der Waals surface area contributed by atoms with E-state index in [9.17, 15) is 9.59 Å². The van der Waals surface area contributed by atoms with Gasteiger partial charge in [0, 0.05) is 17.7 Å². The third-order valence-corrected chi connectivity index (χ3v) is 5.30. The van der Waals surface area contributed by atoms with Gasteiger partial charge in [-0.05, 0) is 22.6 Å². The number of carbonyl (C=O) groups excluding carboxylic acids is 2. The highest BCUT2D eigenvalue weighted by atomic mass is 16.1. The van der Waals surface area contributed by atoms with Gasteiger partial charge in [-0.2, -0.15) is 0 Å². The Bertz CT molecular complexity index is 1090. The Morgan fingerprint density at radius 3 is 1.93 bits per heavy atom. The molecule has 0 saturated carbocycles. The van der Waals surface area contributed by atoms with E-state index >= 15 is 0 Å². The molecule has 3 heteroatoms. The summed E-state index contributed by atoms with van der Waals surface area (Å²) in [6.07, 6.45) is 0. The quantitative estimate of drug-likeness (QED) is 0.644. The van der Waals surface area contributed by atoms with Gasteiger partial charge in [0.2, 0.25) is 5.78 Å². The molecule has 4 rings (SSSR count). The Labute approximate surface area is 171 Å². The maximum absolute atomic E-state index is 13.4. The number of allylic oxidation sites excluding steroid dienone is 2. The van der Waals surface area contributed by atoms with Crippen molar-refractivity contribution in [3.05, 3.63) is 112 Å². The van der Waals surface area contributed by atoms with Crippen LogP contribution in [-0.2, 0) is 6.54 Å². The fourth-order valence-electron chi connectivity index (χ4n) is 3.64. The van der Waals surface area contributed by atoms with Gasteiger partial charge in [-0.15, -0.1) is 0 Å². The summed E-state index contributed by atoms with van der Waals surface area (Å²) in [4.78, 5) is 26.6. The predicted octanol–water partition coefficient (Wildman–Crippen LogP) is 5.39. The molecule has 3 aromatic carbocycles. The first-order chi connectivity index (χ1) is 14.1. The maximum Gasteiger partial charge on any atom is 0.210 e. The molecule has 1 N–H and O–H groups in total. The van der Waals surface area contributed by atoms with Gasteiger partial charge in [0.05, 0.1) is 11.3 Å². The topological polar surface area (TPSA) is 46.2 Å². The predicted molar refractivity (Wildman–Crippen MR) is 116 cm³/mol. The molecule has 0 spiro atoms. The number of rotatable bonds is 5. The largest absolute Gasteiger partial charge is 0.377 e. The Hall–Kier alpha value is -3.46. The van der Waals surface area contributed by atoms with Crippen LogP contribution >= 0.6 is 0 Å². The van der Waals surface area contributed by atoms with Gasteiger partial charge < -0.3 is 5.32 Å². The molecule has 0 atom stereocenters. The summed E-state index contributed by atoms with van der Waals surface area (Å²) in [6, 6.07) is 24.8. The Morgan fingerprint density at radius 1 is 0.724 bits per heavy atom. The van der Waals surface area contributed by atoms with Gasteiger partial charge in [0.15, 0.2) is 5.78 Å². The molecule has 0 radical (unpaired) electrons. The van der Waals surface area contributed by atoms with Crippen LogP contribution in [-0.4, -0.2) is 11.6 Å². The van der Waals surface area contributed by atoms with Crippen LogP contribution in [0.1, 0.15) is 57.2 Å². The first-order valence-electron chi connectivity index (χ1n) is 9.87. The summed E-state index contributed by atoms with van der Waals surface area (Å²) in [5, 5.41) is 3.25. The molecule has 144 valence electrons. The highest BCUT2D eigenvalue weighted by molar-refractivity contribution is 6.40. The van der Waals surface area contributed by atoms with Crippen molar-refractivity contribution in [1.82, 2.24) is 5.32 Å². The standard InChI is InChI=1S/C26H23NO2/c1-17(2)19-12-14-20(15-13-19)23-24(27-16-18-8-4-3-5-9-18)26(29)22-11-7-6-10-21(22)25(23)28/h3-15,17,27H,16H2,1-2H3. The summed E-state index contributed by atoms with van der Waals surface area (Å²) in [5.41, 5.74) is 4.74. The molecule has 0 aliphatic heterocycles. The Balaban J connectivity index is 1.80. The van der Waals surface area contributed by atoms with E-state index in [0.29, 0.717) is 34.9 Å². The number of hydrogen-bond donors (Lipinski definition) is 1. The molecular weight excluding hydrogens is 358 g/mol. The monoisotopic (exact) mass is 381 g/mol. The lowest BCUT2D eigenvalue weighted by atomic mass is 9.83. The molecule has 3 nitrogen and oxygen atoms in total. The van der Waals surface area contributed by atoms with E-state index in [1.165, 1.54) is 5.56 Å². The zero-order valence-electron chi connectivity index (χ0n) is 16.6. The van der Waals surface area contributed by atoms with Crippen molar-refractivity contribution in [3.8, 4) is 0 Å². The Kier molecular flexibility index (Phi) is 5.13. The number of ketones is 2. The lowest BCUT2D eigenvalue weighted by Crippen LogP contribution is -2.29. The summed E-state index contributed by atoms with van der Waals surface area (Å²) in [6.45, 7) is 4.74. The molecule has 0 unspecified atom stereocenters. The number of hydrogen-bond acceptors (Lipinski definition) is 3. The van der Waals surface area contributed by atoms with Crippen molar-refractivity contribution >= 4 is 17.1 Å². The molecule has 0 bridgehead atoms. The second-order valence-corrected chi connectivity index (χ2v) is 7.57. The molecule has 3 aromatic rings. The molecule has 1 aliphatic rings. The SMILES string of the molecule is CC(C)c1ccc(C2=C(NCc3ccccc3)C(=O)c3ccccc3C2=O)cc1. The second-order valence-electron chi connectivity index (χ2n) is 7.57. The van der Waals surface area contributed by atoms with Gasteiger partial charge >= 0.3 is 0 Å². The molecule has 0 aromatic heterocycles. The zero-order valence-corrected chi connectivity index (χ0v) is 16.6.